The Morgan fingerprint density at radius 3 is 2.74 bits per heavy atom. The molecule has 7 nitrogen and oxygen atoms in total. The van der Waals surface area contributed by atoms with Gasteiger partial charge in [-0.3, -0.25) is 4.79 Å². The van der Waals surface area contributed by atoms with Crippen LogP contribution in [0.2, 0.25) is 0 Å². The normalized spacial score (nSPS) is 10.7. The van der Waals surface area contributed by atoms with Gasteiger partial charge in [-0.1, -0.05) is 6.07 Å². The van der Waals surface area contributed by atoms with Gasteiger partial charge in [-0.25, -0.2) is 4.79 Å². The lowest BCUT2D eigenvalue weighted by atomic mass is 10.2. The number of unbranched alkanes of at least 4 members (excludes halogenated alkanes) is 1. The molecule has 0 aliphatic carbocycles. The number of carboxylic acid groups (broad SMARTS) is 1. The van der Waals surface area contributed by atoms with E-state index < -0.39 is 11.6 Å². The van der Waals surface area contributed by atoms with Crippen molar-refractivity contribution in [3.63, 3.8) is 0 Å². The molecule has 2 aromatic rings. The molecule has 0 saturated heterocycles. The first-order valence-corrected chi connectivity index (χ1v) is 7.30. The Labute approximate surface area is 132 Å². The highest BCUT2D eigenvalue weighted by Crippen LogP contribution is 2.37. The number of aliphatic carboxylic acids is 1. The zero-order chi connectivity index (χ0) is 16.8. The summed E-state index contributed by atoms with van der Waals surface area (Å²) in [6, 6.07) is 4.82. The van der Waals surface area contributed by atoms with Crippen LogP contribution in [0.15, 0.2) is 27.4 Å². The minimum atomic E-state index is -0.851. The van der Waals surface area contributed by atoms with Crippen LogP contribution in [0.25, 0.3) is 11.0 Å². The Kier molecular flexibility index (Phi) is 5.46. The lowest BCUT2D eigenvalue weighted by Crippen LogP contribution is -2.07. The Hall–Kier alpha value is -2.70. The van der Waals surface area contributed by atoms with Crippen molar-refractivity contribution >= 4 is 16.9 Å². The highest BCUT2D eigenvalue weighted by molar-refractivity contribution is 5.91. The van der Waals surface area contributed by atoms with Crippen LogP contribution in [0.3, 0.4) is 0 Å². The number of hydrogen-bond acceptors (Lipinski definition) is 6. The summed E-state index contributed by atoms with van der Waals surface area (Å²) in [5, 5.41) is 19.1. The Morgan fingerprint density at radius 2 is 2.04 bits per heavy atom. The van der Waals surface area contributed by atoms with Crippen molar-refractivity contribution < 1.29 is 28.9 Å². The van der Waals surface area contributed by atoms with Crippen LogP contribution in [0.4, 0.5) is 0 Å². The molecular weight excluding hydrogens is 304 g/mol. The number of benzene rings is 1. The van der Waals surface area contributed by atoms with Crippen LogP contribution in [-0.2, 0) is 4.79 Å². The quantitative estimate of drug-likeness (QED) is 0.568. The minimum Gasteiger partial charge on any atom is -0.503 e. The summed E-state index contributed by atoms with van der Waals surface area (Å²) >= 11 is 0. The molecule has 1 aromatic carbocycles. The van der Waals surface area contributed by atoms with Crippen molar-refractivity contribution in [1.29, 1.82) is 0 Å². The summed E-state index contributed by atoms with van der Waals surface area (Å²) in [5.41, 5.74) is -0.561. The number of fused-ring (bicyclic) bond motifs is 1. The second-order valence-corrected chi connectivity index (χ2v) is 4.83. The van der Waals surface area contributed by atoms with E-state index in [2.05, 4.69) is 0 Å². The molecule has 0 radical (unpaired) electrons. The first-order chi connectivity index (χ1) is 11.0. The molecule has 1 heterocycles. The van der Waals surface area contributed by atoms with Crippen LogP contribution in [-0.4, -0.2) is 29.4 Å². The van der Waals surface area contributed by atoms with Crippen molar-refractivity contribution in [1.82, 2.24) is 0 Å². The van der Waals surface area contributed by atoms with Crippen LogP contribution in [0.1, 0.15) is 26.2 Å². The van der Waals surface area contributed by atoms with E-state index in [9.17, 15) is 14.7 Å². The molecule has 1 aromatic heterocycles. The van der Waals surface area contributed by atoms with Crippen molar-refractivity contribution in [2.45, 2.75) is 26.2 Å². The van der Waals surface area contributed by atoms with Crippen LogP contribution >= 0.6 is 0 Å². The first kappa shape index (κ1) is 16.7. The third-order valence-electron chi connectivity index (χ3n) is 3.16. The summed E-state index contributed by atoms with van der Waals surface area (Å²) in [4.78, 5) is 22.2. The lowest BCUT2D eigenvalue weighted by molar-refractivity contribution is -0.137. The van der Waals surface area contributed by atoms with Gasteiger partial charge in [-0.05, 0) is 31.9 Å². The van der Waals surface area contributed by atoms with Crippen molar-refractivity contribution in [2.75, 3.05) is 13.2 Å². The van der Waals surface area contributed by atoms with Crippen molar-refractivity contribution in [3.05, 3.63) is 28.6 Å². The summed E-state index contributed by atoms with van der Waals surface area (Å²) in [6.07, 6.45) is 1.12. The summed E-state index contributed by atoms with van der Waals surface area (Å²) in [7, 11) is 0. The van der Waals surface area contributed by atoms with E-state index in [0.717, 1.165) is 0 Å². The Balaban J connectivity index is 2.24. The second kappa shape index (κ2) is 7.53. The number of aromatic hydroxyl groups is 1. The standard InChI is InChI=1S/C16H18O7/c1-2-21-15-14(19)13-10(22-9-4-3-8-12(17)18)6-5-7-11(13)23-16(15)20/h5-7,19H,2-4,8-9H2,1H3,(H,17,18). The maximum atomic E-state index is 11.8. The van der Waals surface area contributed by atoms with Crippen molar-refractivity contribution in [3.8, 4) is 17.2 Å². The number of rotatable bonds is 8. The molecule has 0 aliphatic rings. The third kappa shape index (κ3) is 3.94. The van der Waals surface area contributed by atoms with Gasteiger partial charge < -0.3 is 24.1 Å². The van der Waals surface area contributed by atoms with Gasteiger partial charge in [0.1, 0.15) is 16.7 Å². The highest BCUT2D eigenvalue weighted by atomic mass is 16.5. The van der Waals surface area contributed by atoms with Gasteiger partial charge in [-0.15, -0.1) is 0 Å². The SMILES string of the molecule is CCOc1c(O)c2c(OCCCCC(=O)O)cccc2oc1=O. The van der Waals surface area contributed by atoms with Gasteiger partial charge in [0.25, 0.3) is 0 Å². The Bertz CT molecular complexity index is 748. The number of carbonyl (C=O) groups is 1. The van der Waals surface area contributed by atoms with Gasteiger partial charge in [0.05, 0.1) is 13.2 Å². The van der Waals surface area contributed by atoms with Crippen LogP contribution < -0.4 is 15.1 Å². The maximum absolute atomic E-state index is 11.8. The zero-order valence-corrected chi connectivity index (χ0v) is 12.7. The molecule has 2 N–H and O–H groups in total. The largest absolute Gasteiger partial charge is 0.503 e. The fourth-order valence-electron chi connectivity index (χ4n) is 2.14. The van der Waals surface area contributed by atoms with E-state index >= 15 is 0 Å². The molecule has 0 unspecified atom stereocenters. The molecule has 7 heteroatoms. The van der Waals surface area contributed by atoms with Crippen molar-refractivity contribution in [2.24, 2.45) is 0 Å². The predicted octanol–water partition coefficient (Wildman–Crippen LogP) is 2.53. The van der Waals surface area contributed by atoms with E-state index in [-0.39, 0.29) is 42.1 Å². The summed E-state index contributed by atoms with van der Waals surface area (Å²) in [5.74, 6) is -1.07. The smallest absolute Gasteiger partial charge is 0.383 e. The number of carboxylic acids is 1. The topological polar surface area (TPSA) is 106 Å². The molecule has 23 heavy (non-hydrogen) atoms. The van der Waals surface area contributed by atoms with Crippen LogP contribution in [0.5, 0.6) is 17.2 Å². The summed E-state index contributed by atoms with van der Waals surface area (Å²) < 4.78 is 15.8. The molecule has 0 amide bonds. The van der Waals surface area contributed by atoms with Gasteiger partial charge in [0.2, 0.25) is 5.75 Å². The Morgan fingerprint density at radius 1 is 1.26 bits per heavy atom. The van der Waals surface area contributed by atoms with E-state index in [1.165, 1.54) is 0 Å². The van der Waals surface area contributed by atoms with Gasteiger partial charge >= 0.3 is 11.6 Å². The fraction of sp³-hybridized carbons (Fsp3) is 0.375. The maximum Gasteiger partial charge on any atom is 0.383 e. The molecule has 0 atom stereocenters. The molecule has 0 bridgehead atoms. The van der Waals surface area contributed by atoms with Gasteiger partial charge in [0.15, 0.2) is 5.75 Å². The predicted molar refractivity (Wildman–Crippen MR) is 82.3 cm³/mol. The highest BCUT2D eigenvalue weighted by Gasteiger charge is 2.18. The molecule has 0 aliphatic heterocycles. The minimum absolute atomic E-state index is 0.0769. The van der Waals surface area contributed by atoms with E-state index in [1.54, 1.807) is 25.1 Å². The first-order valence-electron chi connectivity index (χ1n) is 7.30. The zero-order valence-electron chi connectivity index (χ0n) is 12.7. The molecule has 0 fully saturated rings. The number of ether oxygens (including phenoxy) is 2. The number of hydrogen-bond donors (Lipinski definition) is 2. The van der Waals surface area contributed by atoms with E-state index in [0.29, 0.717) is 18.6 Å². The van der Waals surface area contributed by atoms with Gasteiger partial charge in [0, 0.05) is 6.42 Å². The van der Waals surface area contributed by atoms with Crippen LogP contribution in [0, 0.1) is 0 Å². The average molecular weight is 322 g/mol. The average Bonchev–Trinajstić information content (AvgIpc) is 2.50. The van der Waals surface area contributed by atoms with E-state index in [1.807, 2.05) is 0 Å². The second-order valence-electron chi connectivity index (χ2n) is 4.83. The molecule has 2 rings (SSSR count). The molecule has 124 valence electrons. The summed E-state index contributed by atoms with van der Waals surface area (Å²) in [6.45, 7) is 2.19. The third-order valence-corrected chi connectivity index (χ3v) is 3.16. The van der Waals surface area contributed by atoms with E-state index in [4.69, 9.17) is 19.0 Å². The fourth-order valence-corrected chi connectivity index (χ4v) is 2.14. The van der Waals surface area contributed by atoms with Gasteiger partial charge in [-0.2, -0.15) is 0 Å². The molecule has 0 saturated carbocycles. The lowest BCUT2D eigenvalue weighted by Gasteiger charge is -2.11. The molecule has 0 spiro atoms. The monoisotopic (exact) mass is 322 g/mol. The molecular formula is C16H18O7.